The molecule has 0 amide bonds. The number of esters is 2. The van der Waals surface area contributed by atoms with Crippen molar-refractivity contribution >= 4 is 17.7 Å². The average molecular weight is 511 g/mol. The highest BCUT2D eigenvalue weighted by molar-refractivity contribution is 5.93. The SMILES string of the molecule is CCCCCCCCOc1ccc(C(=O)Oc2ccc(C(=O)OC(C)C(=O)CCCCCC)cc2)cc1. The maximum absolute atomic E-state index is 12.5. The summed E-state index contributed by atoms with van der Waals surface area (Å²) in [6, 6.07) is 13.0. The van der Waals surface area contributed by atoms with Gasteiger partial charge in [-0.15, -0.1) is 0 Å². The van der Waals surface area contributed by atoms with E-state index in [1.807, 2.05) is 0 Å². The molecule has 202 valence electrons. The highest BCUT2D eigenvalue weighted by atomic mass is 16.5. The minimum absolute atomic E-state index is 0.0752. The van der Waals surface area contributed by atoms with Gasteiger partial charge in [0.2, 0.25) is 0 Å². The summed E-state index contributed by atoms with van der Waals surface area (Å²) in [5.74, 6) is -0.121. The highest BCUT2D eigenvalue weighted by Gasteiger charge is 2.19. The molecule has 0 aliphatic heterocycles. The summed E-state index contributed by atoms with van der Waals surface area (Å²) < 4.78 is 16.5. The molecule has 0 aliphatic carbocycles. The lowest BCUT2D eigenvalue weighted by Crippen LogP contribution is -2.24. The first-order chi connectivity index (χ1) is 17.9. The van der Waals surface area contributed by atoms with Crippen molar-refractivity contribution in [2.24, 2.45) is 0 Å². The molecule has 6 nitrogen and oxygen atoms in total. The molecule has 1 atom stereocenters. The van der Waals surface area contributed by atoms with E-state index in [4.69, 9.17) is 14.2 Å². The lowest BCUT2D eigenvalue weighted by Gasteiger charge is -2.12. The number of ether oxygens (including phenoxy) is 3. The predicted octanol–water partition coefficient (Wildman–Crippen LogP) is 7.73. The van der Waals surface area contributed by atoms with Gasteiger partial charge in [-0.05, 0) is 68.3 Å². The number of unbranched alkanes of at least 4 members (excludes halogenated alkanes) is 8. The summed E-state index contributed by atoms with van der Waals surface area (Å²) in [6.07, 6.45) is 10.9. The van der Waals surface area contributed by atoms with Crippen molar-refractivity contribution in [2.45, 2.75) is 97.5 Å². The monoisotopic (exact) mass is 510 g/mol. The summed E-state index contributed by atoms with van der Waals surface area (Å²) in [4.78, 5) is 37.0. The second-order valence-electron chi connectivity index (χ2n) is 9.38. The van der Waals surface area contributed by atoms with Gasteiger partial charge in [0.1, 0.15) is 11.5 Å². The molecule has 0 heterocycles. The molecule has 37 heavy (non-hydrogen) atoms. The summed E-state index contributed by atoms with van der Waals surface area (Å²) >= 11 is 0. The van der Waals surface area contributed by atoms with E-state index in [-0.39, 0.29) is 11.3 Å². The molecule has 0 saturated heterocycles. The number of ketones is 1. The topological polar surface area (TPSA) is 78.9 Å². The van der Waals surface area contributed by atoms with E-state index in [2.05, 4.69) is 13.8 Å². The van der Waals surface area contributed by atoms with Crippen molar-refractivity contribution < 1.29 is 28.6 Å². The first-order valence-electron chi connectivity index (χ1n) is 13.7. The molecule has 0 N–H and O–H groups in total. The number of hydrogen-bond donors (Lipinski definition) is 0. The van der Waals surface area contributed by atoms with Crippen LogP contribution in [0.3, 0.4) is 0 Å². The molecule has 0 aliphatic rings. The normalized spacial score (nSPS) is 11.5. The summed E-state index contributed by atoms with van der Waals surface area (Å²) in [5.41, 5.74) is 0.693. The van der Waals surface area contributed by atoms with Gasteiger partial charge >= 0.3 is 11.9 Å². The molecule has 0 spiro atoms. The molecule has 0 bridgehead atoms. The number of carbonyl (C=O) groups is 3. The first-order valence-corrected chi connectivity index (χ1v) is 13.7. The molecule has 0 aromatic heterocycles. The van der Waals surface area contributed by atoms with Gasteiger partial charge in [-0.25, -0.2) is 9.59 Å². The molecule has 2 aromatic carbocycles. The lowest BCUT2D eigenvalue weighted by molar-refractivity contribution is -0.127. The zero-order chi connectivity index (χ0) is 26.9. The smallest absolute Gasteiger partial charge is 0.343 e. The van der Waals surface area contributed by atoms with Crippen LogP contribution < -0.4 is 9.47 Å². The van der Waals surface area contributed by atoms with Crippen molar-refractivity contribution in [3.63, 3.8) is 0 Å². The molecule has 0 fully saturated rings. The summed E-state index contributed by atoms with van der Waals surface area (Å²) in [5, 5.41) is 0. The fourth-order valence-corrected chi connectivity index (χ4v) is 3.81. The van der Waals surface area contributed by atoms with Crippen molar-refractivity contribution in [3.05, 3.63) is 59.7 Å². The molecular weight excluding hydrogens is 468 g/mol. The third-order valence-corrected chi connectivity index (χ3v) is 6.17. The van der Waals surface area contributed by atoms with Gasteiger partial charge in [0, 0.05) is 6.42 Å². The van der Waals surface area contributed by atoms with E-state index < -0.39 is 18.0 Å². The fourth-order valence-electron chi connectivity index (χ4n) is 3.81. The van der Waals surface area contributed by atoms with Crippen LogP contribution in [0.4, 0.5) is 0 Å². The zero-order valence-electron chi connectivity index (χ0n) is 22.6. The van der Waals surface area contributed by atoms with Crippen LogP contribution in [0, 0.1) is 0 Å². The van der Waals surface area contributed by atoms with E-state index in [0.29, 0.717) is 24.3 Å². The van der Waals surface area contributed by atoms with Gasteiger partial charge in [-0.3, -0.25) is 4.79 Å². The second-order valence-corrected chi connectivity index (χ2v) is 9.38. The van der Waals surface area contributed by atoms with E-state index in [1.165, 1.54) is 49.9 Å². The Bertz CT molecular complexity index is 949. The molecule has 2 rings (SSSR count). The highest BCUT2D eigenvalue weighted by Crippen LogP contribution is 2.18. The number of hydrogen-bond acceptors (Lipinski definition) is 6. The Kier molecular flexibility index (Phi) is 14.1. The van der Waals surface area contributed by atoms with Crippen LogP contribution in [0.1, 0.15) is 112 Å². The van der Waals surface area contributed by atoms with Crippen LogP contribution >= 0.6 is 0 Å². The minimum atomic E-state index is -0.788. The van der Waals surface area contributed by atoms with Crippen LogP contribution in [-0.2, 0) is 9.53 Å². The molecule has 1 unspecified atom stereocenters. The number of carbonyl (C=O) groups excluding carboxylic acids is 3. The predicted molar refractivity (Wildman–Crippen MR) is 145 cm³/mol. The largest absolute Gasteiger partial charge is 0.494 e. The maximum Gasteiger partial charge on any atom is 0.343 e. The van der Waals surface area contributed by atoms with Crippen LogP contribution in [0.25, 0.3) is 0 Å². The summed E-state index contributed by atoms with van der Waals surface area (Å²) in [6.45, 7) is 6.58. The fraction of sp³-hybridized carbons (Fsp3) is 0.516. The van der Waals surface area contributed by atoms with Crippen LogP contribution in [-0.4, -0.2) is 30.4 Å². The van der Waals surface area contributed by atoms with Crippen LogP contribution in [0.2, 0.25) is 0 Å². The molecule has 0 radical (unpaired) electrons. The van der Waals surface area contributed by atoms with Crippen LogP contribution in [0.5, 0.6) is 11.5 Å². The van der Waals surface area contributed by atoms with Crippen molar-refractivity contribution in [1.29, 1.82) is 0 Å². The number of rotatable bonds is 18. The maximum atomic E-state index is 12.5. The Morgan fingerprint density at radius 2 is 1.16 bits per heavy atom. The Balaban J connectivity index is 1.76. The summed E-state index contributed by atoms with van der Waals surface area (Å²) in [7, 11) is 0. The Morgan fingerprint density at radius 3 is 1.78 bits per heavy atom. The van der Waals surface area contributed by atoms with Gasteiger partial charge in [-0.2, -0.15) is 0 Å². The van der Waals surface area contributed by atoms with E-state index in [0.717, 1.165) is 44.3 Å². The van der Waals surface area contributed by atoms with Gasteiger partial charge in [-0.1, -0.05) is 65.2 Å². The van der Waals surface area contributed by atoms with Crippen LogP contribution in [0.15, 0.2) is 48.5 Å². The minimum Gasteiger partial charge on any atom is -0.494 e. The Labute approximate surface area is 221 Å². The van der Waals surface area contributed by atoms with Gasteiger partial charge in [0.25, 0.3) is 0 Å². The van der Waals surface area contributed by atoms with E-state index in [1.54, 1.807) is 31.2 Å². The quantitative estimate of drug-likeness (QED) is 0.116. The standard InChI is InChI=1S/C31H42O6/c1-4-6-8-10-11-13-23-35-27-19-15-26(16-20-27)31(34)37-28-21-17-25(18-22-28)30(33)36-24(3)29(32)14-12-9-7-5-2/h15-22,24H,4-14,23H2,1-3H3. The molecule has 6 heteroatoms. The van der Waals surface area contributed by atoms with Crippen molar-refractivity contribution in [3.8, 4) is 11.5 Å². The second kappa shape index (κ2) is 17.3. The van der Waals surface area contributed by atoms with Gasteiger partial charge in [0.15, 0.2) is 11.9 Å². The van der Waals surface area contributed by atoms with Gasteiger partial charge < -0.3 is 14.2 Å². The average Bonchev–Trinajstić information content (AvgIpc) is 2.91. The van der Waals surface area contributed by atoms with E-state index >= 15 is 0 Å². The Hall–Kier alpha value is -3.15. The third kappa shape index (κ3) is 11.6. The number of Topliss-reactive ketones (excluding diaryl/α,β-unsaturated/α-hetero) is 1. The zero-order valence-corrected chi connectivity index (χ0v) is 22.6. The lowest BCUT2D eigenvalue weighted by atomic mass is 10.1. The van der Waals surface area contributed by atoms with Gasteiger partial charge in [0.05, 0.1) is 17.7 Å². The third-order valence-electron chi connectivity index (χ3n) is 6.17. The first kappa shape index (κ1) is 30.1. The van der Waals surface area contributed by atoms with E-state index in [9.17, 15) is 14.4 Å². The van der Waals surface area contributed by atoms with Crippen molar-refractivity contribution in [2.75, 3.05) is 6.61 Å². The number of benzene rings is 2. The van der Waals surface area contributed by atoms with Crippen molar-refractivity contribution in [1.82, 2.24) is 0 Å². The Morgan fingerprint density at radius 1 is 0.649 bits per heavy atom. The molecule has 0 saturated carbocycles. The molecule has 2 aromatic rings. The molecular formula is C31H42O6.